The van der Waals surface area contributed by atoms with Crippen LogP contribution in [0.4, 0.5) is 0 Å². The minimum absolute atomic E-state index is 0.352. The van der Waals surface area contributed by atoms with E-state index in [2.05, 4.69) is 6.92 Å². The van der Waals surface area contributed by atoms with Gasteiger partial charge in [0.1, 0.15) is 12.0 Å². The zero-order valence-corrected chi connectivity index (χ0v) is 11.3. The lowest BCUT2D eigenvalue weighted by Gasteiger charge is -1.98. The number of benzene rings is 2. The van der Waals surface area contributed by atoms with Crippen molar-refractivity contribution in [2.75, 3.05) is 0 Å². The van der Waals surface area contributed by atoms with Crippen molar-refractivity contribution in [1.29, 1.82) is 0 Å². The van der Waals surface area contributed by atoms with Crippen LogP contribution in [-0.2, 0) is 6.42 Å². The molecular formula is C17H20O2. The van der Waals surface area contributed by atoms with E-state index in [0.29, 0.717) is 5.75 Å². The lowest BCUT2D eigenvalue weighted by molar-refractivity contribution is 0.112. The molecule has 0 aliphatic carbocycles. The summed E-state index contributed by atoms with van der Waals surface area (Å²) in [6.07, 6.45) is 4.41. The monoisotopic (exact) mass is 256 g/mol. The first-order valence-electron chi connectivity index (χ1n) is 6.54. The Morgan fingerprint density at radius 3 is 2.11 bits per heavy atom. The molecule has 19 heavy (non-hydrogen) atoms. The number of carbonyl (C=O) groups excluding carboxylic acids is 1. The van der Waals surface area contributed by atoms with E-state index in [4.69, 9.17) is 5.11 Å². The molecule has 2 aromatic rings. The van der Waals surface area contributed by atoms with Gasteiger partial charge in [0.25, 0.3) is 0 Å². The van der Waals surface area contributed by atoms with Gasteiger partial charge in [-0.2, -0.15) is 0 Å². The van der Waals surface area contributed by atoms with Crippen LogP contribution in [0.15, 0.2) is 54.6 Å². The first-order valence-corrected chi connectivity index (χ1v) is 6.54. The maximum Gasteiger partial charge on any atom is 0.150 e. The van der Waals surface area contributed by atoms with Crippen molar-refractivity contribution in [2.45, 2.75) is 26.2 Å². The molecule has 0 spiro atoms. The van der Waals surface area contributed by atoms with Crippen molar-refractivity contribution in [3.8, 4) is 5.75 Å². The molecule has 0 aliphatic heterocycles. The summed E-state index contributed by atoms with van der Waals surface area (Å²) in [7, 11) is 0. The van der Waals surface area contributed by atoms with Gasteiger partial charge in [0.05, 0.1) is 0 Å². The Morgan fingerprint density at radius 1 is 1.00 bits per heavy atom. The van der Waals surface area contributed by atoms with Gasteiger partial charge < -0.3 is 5.11 Å². The average molecular weight is 256 g/mol. The van der Waals surface area contributed by atoms with Gasteiger partial charge in [0.2, 0.25) is 0 Å². The SMILES string of the molecule is CCCCc1ccc(O)cc1.O=Cc1ccccc1. The number of phenols is 1. The molecule has 0 aliphatic rings. The number of rotatable bonds is 4. The molecule has 0 heterocycles. The summed E-state index contributed by atoms with van der Waals surface area (Å²) in [4.78, 5) is 10.0. The predicted octanol–water partition coefficient (Wildman–Crippen LogP) is 4.23. The minimum Gasteiger partial charge on any atom is -0.508 e. The quantitative estimate of drug-likeness (QED) is 0.831. The number of hydrogen-bond donors (Lipinski definition) is 1. The van der Waals surface area contributed by atoms with Gasteiger partial charge in [0.15, 0.2) is 0 Å². The topological polar surface area (TPSA) is 37.3 Å². The van der Waals surface area contributed by atoms with Crippen LogP contribution in [0.1, 0.15) is 35.7 Å². The molecule has 0 aromatic heterocycles. The summed E-state index contributed by atoms with van der Waals surface area (Å²) in [5, 5.41) is 8.98. The first-order chi connectivity index (χ1) is 9.26. The summed E-state index contributed by atoms with van der Waals surface area (Å²) in [5.74, 6) is 0.352. The highest BCUT2D eigenvalue weighted by Crippen LogP contribution is 2.11. The molecule has 0 saturated carbocycles. The molecular weight excluding hydrogens is 236 g/mol. The van der Waals surface area contributed by atoms with E-state index >= 15 is 0 Å². The third-order valence-electron chi connectivity index (χ3n) is 2.69. The second-order valence-corrected chi connectivity index (χ2v) is 4.30. The summed E-state index contributed by atoms with van der Waals surface area (Å²) < 4.78 is 0. The number of carbonyl (C=O) groups is 1. The summed E-state index contributed by atoms with van der Waals surface area (Å²) >= 11 is 0. The third kappa shape index (κ3) is 6.41. The molecule has 0 atom stereocenters. The molecule has 0 amide bonds. The Morgan fingerprint density at radius 2 is 1.63 bits per heavy atom. The normalized spacial score (nSPS) is 9.32. The third-order valence-corrected chi connectivity index (χ3v) is 2.69. The van der Waals surface area contributed by atoms with E-state index in [1.165, 1.54) is 18.4 Å². The lowest BCUT2D eigenvalue weighted by atomic mass is 10.1. The molecule has 2 aromatic carbocycles. The Balaban J connectivity index is 0.000000200. The van der Waals surface area contributed by atoms with E-state index < -0.39 is 0 Å². The van der Waals surface area contributed by atoms with Crippen LogP contribution in [-0.4, -0.2) is 11.4 Å². The van der Waals surface area contributed by atoms with Crippen LogP contribution < -0.4 is 0 Å². The maximum atomic E-state index is 10.0. The number of unbranched alkanes of at least 4 members (excludes halogenated alkanes) is 1. The number of aryl methyl sites for hydroxylation is 1. The molecule has 0 saturated heterocycles. The fourth-order valence-electron chi connectivity index (χ4n) is 1.58. The van der Waals surface area contributed by atoms with Crippen molar-refractivity contribution in [2.24, 2.45) is 0 Å². The van der Waals surface area contributed by atoms with Crippen LogP contribution in [0.3, 0.4) is 0 Å². The number of aldehydes is 1. The van der Waals surface area contributed by atoms with Gasteiger partial charge in [-0.05, 0) is 30.5 Å². The van der Waals surface area contributed by atoms with Crippen molar-refractivity contribution in [1.82, 2.24) is 0 Å². The van der Waals surface area contributed by atoms with Crippen LogP contribution in [0, 0.1) is 0 Å². The zero-order chi connectivity index (χ0) is 13.9. The Kier molecular flexibility index (Phi) is 7.03. The van der Waals surface area contributed by atoms with Crippen LogP contribution >= 0.6 is 0 Å². The van der Waals surface area contributed by atoms with Gasteiger partial charge in [-0.3, -0.25) is 4.79 Å². The van der Waals surface area contributed by atoms with Gasteiger partial charge in [-0.1, -0.05) is 55.8 Å². The van der Waals surface area contributed by atoms with Gasteiger partial charge in [0, 0.05) is 5.56 Å². The van der Waals surface area contributed by atoms with Crippen molar-refractivity contribution in [3.63, 3.8) is 0 Å². The van der Waals surface area contributed by atoms with Crippen LogP contribution in [0.25, 0.3) is 0 Å². The molecule has 2 nitrogen and oxygen atoms in total. The molecule has 1 N–H and O–H groups in total. The maximum absolute atomic E-state index is 10.0. The number of phenolic OH excluding ortho intramolecular Hbond substituents is 1. The predicted molar refractivity (Wildman–Crippen MR) is 78.5 cm³/mol. The standard InChI is InChI=1S/C10H14O.C7H6O/c1-2-3-4-9-5-7-10(11)8-6-9;8-6-7-4-2-1-3-5-7/h5-8,11H,2-4H2,1H3;1-6H. The summed E-state index contributed by atoms with van der Waals surface area (Å²) in [5.41, 5.74) is 2.04. The molecule has 0 bridgehead atoms. The Labute approximate surface area is 114 Å². The first kappa shape index (κ1) is 15.0. The molecule has 2 heteroatoms. The Bertz CT molecular complexity index is 460. The highest BCUT2D eigenvalue weighted by atomic mass is 16.3. The zero-order valence-electron chi connectivity index (χ0n) is 11.3. The van der Waals surface area contributed by atoms with Crippen LogP contribution in [0.2, 0.25) is 0 Å². The largest absolute Gasteiger partial charge is 0.508 e. The molecule has 0 radical (unpaired) electrons. The number of hydrogen-bond acceptors (Lipinski definition) is 2. The fourth-order valence-corrected chi connectivity index (χ4v) is 1.58. The van der Waals surface area contributed by atoms with Crippen molar-refractivity contribution >= 4 is 6.29 Å². The molecule has 2 rings (SSSR count). The second kappa shape index (κ2) is 8.92. The second-order valence-electron chi connectivity index (χ2n) is 4.30. The van der Waals surface area contributed by atoms with Crippen molar-refractivity contribution in [3.05, 3.63) is 65.7 Å². The fraction of sp³-hybridized carbons (Fsp3) is 0.235. The molecule has 100 valence electrons. The van der Waals surface area contributed by atoms with Gasteiger partial charge in [-0.15, -0.1) is 0 Å². The average Bonchev–Trinajstić information content (AvgIpc) is 2.48. The molecule has 0 fully saturated rings. The molecule has 0 unspecified atom stereocenters. The van der Waals surface area contributed by atoms with Crippen LogP contribution in [0.5, 0.6) is 5.75 Å². The van der Waals surface area contributed by atoms with E-state index in [0.717, 1.165) is 18.3 Å². The van der Waals surface area contributed by atoms with E-state index in [9.17, 15) is 4.79 Å². The van der Waals surface area contributed by atoms with Gasteiger partial charge in [-0.25, -0.2) is 0 Å². The van der Waals surface area contributed by atoms with Crippen molar-refractivity contribution < 1.29 is 9.90 Å². The van der Waals surface area contributed by atoms with E-state index in [-0.39, 0.29) is 0 Å². The highest BCUT2D eigenvalue weighted by molar-refractivity contribution is 5.74. The summed E-state index contributed by atoms with van der Waals surface area (Å²) in [6, 6.07) is 16.5. The minimum atomic E-state index is 0.352. The highest BCUT2D eigenvalue weighted by Gasteiger charge is 1.91. The van der Waals surface area contributed by atoms with Gasteiger partial charge >= 0.3 is 0 Å². The summed E-state index contributed by atoms with van der Waals surface area (Å²) in [6.45, 7) is 2.18. The Hall–Kier alpha value is -2.09. The lowest BCUT2D eigenvalue weighted by Crippen LogP contribution is -1.82. The van der Waals surface area contributed by atoms with E-state index in [1.54, 1.807) is 24.3 Å². The number of aromatic hydroxyl groups is 1. The smallest absolute Gasteiger partial charge is 0.150 e. The van der Waals surface area contributed by atoms with E-state index in [1.807, 2.05) is 30.3 Å².